The molecule has 0 aromatic carbocycles. The lowest BCUT2D eigenvalue weighted by molar-refractivity contribution is 1.29. The van der Waals surface area contributed by atoms with E-state index in [0.717, 1.165) is 19.3 Å². The molecule has 0 nitrogen and oxygen atoms in total. The summed E-state index contributed by atoms with van der Waals surface area (Å²) in [5.41, 5.74) is 0. The van der Waals surface area contributed by atoms with E-state index in [-0.39, 0.29) is 0 Å². The van der Waals surface area contributed by atoms with Crippen molar-refractivity contribution in [3.63, 3.8) is 0 Å². The van der Waals surface area contributed by atoms with E-state index >= 15 is 0 Å². The summed E-state index contributed by atoms with van der Waals surface area (Å²) in [6.45, 7) is 0. The van der Waals surface area contributed by atoms with Gasteiger partial charge in [-0.3, -0.25) is 0 Å². The van der Waals surface area contributed by atoms with Crippen LogP contribution < -0.4 is 0 Å². The van der Waals surface area contributed by atoms with E-state index in [1.165, 1.54) is 0 Å². The van der Waals surface area contributed by atoms with Crippen LogP contribution in [0, 0.1) is 0 Å². The summed E-state index contributed by atoms with van der Waals surface area (Å²) in [6.07, 6.45) is 20.5. The molecule has 0 fully saturated rings. The van der Waals surface area contributed by atoms with Gasteiger partial charge in [-0.25, -0.2) is 0 Å². The average Bonchev–Trinajstić information content (AvgIpc) is 2.08. The van der Waals surface area contributed by atoms with E-state index in [4.69, 9.17) is 0 Å². The molecular weight excluding hydrogens is 132 g/mol. The van der Waals surface area contributed by atoms with Crippen LogP contribution >= 0.6 is 0 Å². The predicted molar refractivity (Wildman–Crippen MR) is 50.4 cm³/mol. The highest BCUT2D eigenvalue weighted by Gasteiger charge is 1.75. The van der Waals surface area contributed by atoms with E-state index in [9.17, 15) is 0 Å². The molecule has 0 atom stereocenters. The maximum atomic E-state index is 2.20. The number of hydrogen-bond donors (Lipinski definition) is 0. The van der Waals surface area contributed by atoms with Crippen LogP contribution in [0.25, 0.3) is 0 Å². The van der Waals surface area contributed by atoms with Gasteiger partial charge in [0.05, 0.1) is 0 Å². The fourth-order valence-corrected chi connectivity index (χ4v) is 0.935. The second-order valence-electron chi connectivity index (χ2n) is 2.51. The highest BCUT2D eigenvalue weighted by atomic mass is 13.8. The van der Waals surface area contributed by atoms with Crippen molar-refractivity contribution in [2.75, 3.05) is 0 Å². The van der Waals surface area contributed by atoms with Crippen LogP contribution in [0.3, 0.4) is 0 Å². The van der Waals surface area contributed by atoms with Crippen LogP contribution in [0.5, 0.6) is 0 Å². The summed E-state index contributed by atoms with van der Waals surface area (Å²) < 4.78 is 0. The molecule has 0 aromatic rings. The van der Waals surface area contributed by atoms with Crippen LogP contribution in [0.15, 0.2) is 48.6 Å². The molecule has 0 heteroatoms. The molecule has 1 aliphatic rings. The van der Waals surface area contributed by atoms with Crippen molar-refractivity contribution in [1.29, 1.82) is 0 Å². The maximum Gasteiger partial charge on any atom is -0.0166 e. The van der Waals surface area contributed by atoms with Gasteiger partial charge in [0.25, 0.3) is 0 Å². The standard InChI is InChI=1S/C11H14/c1-2-4-6-8-10-11-9-7-5-3-1/h1-4,7-10H,5-6,11H2/b3-1-,4-2-,9-7-,10-8?. The van der Waals surface area contributed by atoms with Crippen molar-refractivity contribution in [3.8, 4) is 0 Å². The van der Waals surface area contributed by atoms with Gasteiger partial charge in [0, 0.05) is 0 Å². The average molecular weight is 146 g/mol. The minimum Gasteiger partial charge on any atom is -0.0844 e. The van der Waals surface area contributed by atoms with Gasteiger partial charge in [-0.15, -0.1) is 0 Å². The Balaban J connectivity index is 2.47. The minimum absolute atomic E-state index is 1.05. The Morgan fingerprint density at radius 2 is 0.818 bits per heavy atom. The zero-order chi connectivity index (χ0) is 7.78. The van der Waals surface area contributed by atoms with E-state index in [1.54, 1.807) is 0 Å². The molecule has 0 amide bonds. The Labute approximate surface area is 68.6 Å². The highest BCUT2D eigenvalue weighted by molar-refractivity contribution is 5.08. The molecule has 11 heavy (non-hydrogen) atoms. The van der Waals surface area contributed by atoms with Gasteiger partial charge in [-0.05, 0) is 19.3 Å². The molecule has 0 N–H and O–H groups in total. The summed E-state index contributed by atoms with van der Waals surface area (Å²) in [5.74, 6) is 0. The maximum absolute atomic E-state index is 2.20. The van der Waals surface area contributed by atoms with Crippen molar-refractivity contribution in [3.05, 3.63) is 48.6 Å². The SMILES string of the molecule is C1=CC/C=C\C/C=C\C=C/C1. The van der Waals surface area contributed by atoms with E-state index in [2.05, 4.69) is 48.6 Å². The summed E-state index contributed by atoms with van der Waals surface area (Å²) in [6, 6.07) is 0. The number of allylic oxidation sites excluding steroid dienone is 8. The molecule has 0 aromatic heterocycles. The van der Waals surface area contributed by atoms with Crippen molar-refractivity contribution >= 4 is 0 Å². The van der Waals surface area contributed by atoms with Crippen molar-refractivity contribution in [1.82, 2.24) is 0 Å². The molecule has 0 radical (unpaired) electrons. The quantitative estimate of drug-likeness (QED) is 0.459. The van der Waals surface area contributed by atoms with Gasteiger partial charge in [0.2, 0.25) is 0 Å². The highest BCUT2D eigenvalue weighted by Crippen LogP contribution is 1.96. The fourth-order valence-electron chi connectivity index (χ4n) is 0.935. The van der Waals surface area contributed by atoms with Crippen LogP contribution in [-0.2, 0) is 0 Å². The molecule has 0 unspecified atom stereocenters. The van der Waals surface area contributed by atoms with Crippen molar-refractivity contribution < 1.29 is 0 Å². The largest absolute Gasteiger partial charge is 0.0844 e. The Morgan fingerprint density at radius 3 is 1.27 bits per heavy atom. The topological polar surface area (TPSA) is 0 Å². The van der Waals surface area contributed by atoms with Crippen LogP contribution in [0.1, 0.15) is 19.3 Å². The number of rotatable bonds is 0. The summed E-state index contributed by atoms with van der Waals surface area (Å²) in [4.78, 5) is 0. The fraction of sp³-hybridized carbons (Fsp3) is 0.273. The first-order valence-electron chi connectivity index (χ1n) is 4.12. The third-order valence-corrected chi connectivity index (χ3v) is 1.53. The summed E-state index contributed by atoms with van der Waals surface area (Å²) >= 11 is 0. The number of hydrogen-bond acceptors (Lipinski definition) is 0. The smallest absolute Gasteiger partial charge is 0.0166 e. The molecule has 1 rings (SSSR count). The van der Waals surface area contributed by atoms with Crippen molar-refractivity contribution in [2.45, 2.75) is 19.3 Å². The lowest BCUT2D eigenvalue weighted by Crippen LogP contribution is -1.59. The minimum atomic E-state index is 1.05. The summed E-state index contributed by atoms with van der Waals surface area (Å²) in [7, 11) is 0. The van der Waals surface area contributed by atoms with Gasteiger partial charge in [-0.1, -0.05) is 48.6 Å². The molecular formula is C11H14. The van der Waals surface area contributed by atoms with Gasteiger partial charge >= 0.3 is 0 Å². The predicted octanol–water partition coefficient (Wildman–Crippen LogP) is 3.40. The van der Waals surface area contributed by atoms with E-state index in [0.29, 0.717) is 0 Å². The first-order chi connectivity index (χ1) is 5.50. The van der Waals surface area contributed by atoms with E-state index in [1.807, 2.05) is 0 Å². The normalized spacial score (nSPS) is 26.9. The first kappa shape index (κ1) is 8.06. The van der Waals surface area contributed by atoms with Crippen molar-refractivity contribution in [2.24, 2.45) is 0 Å². The first-order valence-corrected chi connectivity index (χ1v) is 4.12. The molecule has 0 heterocycles. The Morgan fingerprint density at radius 1 is 0.455 bits per heavy atom. The van der Waals surface area contributed by atoms with Gasteiger partial charge in [-0.2, -0.15) is 0 Å². The van der Waals surface area contributed by atoms with Crippen LogP contribution in [0.2, 0.25) is 0 Å². The molecule has 0 aliphatic heterocycles. The van der Waals surface area contributed by atoms with Gasteiger partial charge in [0.1, 0.15) is 0 Å². The Bertz CT molecular complexity index is 170. The zero-order valence-electron chi connectivity index (χ0n) is 6.74. The molecule has 0 bridgehead atoms. The monoisotopic (exact) mass is 146 g/mol. The van der Waals surface area contributed by atoms with E-state index < -0.39 is 0 Å². The third kappa shape index (κ3) is 4.38. The lowest BCUT2D eigenvalue weighted by Gasteiger charge is -1.80. The van der Waals surface area contributed by atoms with Gasteiger partial charge in [0.15, 0.2) is 0 Å². The molecule has 1 aliphatic carbocycles. The third-order valence-electron chi connectivity index (χ3n) is 1.53. The molecule has 58 valence electrons. The zero-order valence-corrected chi connectivity index (χ0v) is 6.74. The van der Waals surface area contributed by atoms with Crippen LogP contribution in [-0.4, -0.2) is 0 Å². The Hall–Kier alpha value is -1.04. The molecule has 0 saturated heterocycles. The lowest BCUT2D eigenvalue weighted by atomic mass is 10.3. The second-order valence-corrected chi connectivity index (χ2v) is 2.51. The van der Waals surface area contributed by atoms with Crippen LogP contribution in [0.4, 0.5) is 0 Å². The summed E-state index contributed by atoms with van der Waals surface area (Å²) in [5, 5.41) is 0. The Kier molecular flexibility index (Phi) is 4.19. The van der Waals surface area contributed by atoms with Gasteiger partial charge < -0.3 is 0 Å². The molecule has 0 saturated carbocycles. The molecule has 0 spiro atoms. The second kappa shape index (κ2) is 5.72.